The van der Waals surface area contributed by atoms with E-state index in [1.165, 1.54) is 41.9 Å². The molecule has 0 aliphatic carbocycles. The normalized spacial score (nSPS) is 14.0. The Kier molecular flexibility index (Phi) is 28.3. The van der Waals surface area contributed by atoms with Gasteiger partial charge in [0.2, 0.25) is 0 Å². The van der Waals surface area contributed by atoms with Crippen molar-refractivity contribution < 1.29 is 80.6 Å². The topological polar surface area (TPSA) is 326 Å². The van der Waals surface area contributed by atoms with Gasteiger partial charge in [0.05, 0.1) is 111 Å². The van der Waals surface area contributed by atoms with E-state index in [9.17, 15) is 42.7 Å². The molecule has 0 atom stereocenters. The highest BCUT2D eigenvalue weighted by Gasteiger charge is 2.37. The summed E-state index contributed by atoms with van der Waals surface area (Å²) in [6.45, 7) is 24.8. The molecular formula is C76H87FN12O16S2. The number of likely N-dealkylation sites (tertiary alicyclic amines) is 4. The molecule has 566 valence electrons. The van der Waals surface area contributed by atoms with Crippen molar-refractivity contribution in [2.24, 2.45) is 0 Å². The molecule has 4 fully saturated rings. The van der Waals surface area contributed by atoms with Crippen LogP contribution in [0.3, 0.4) is 0 Å². The van der Waals surface area contributed by atoms with E-state index in [1.54, 1.807) is 88.2 Å². The molecule has 107 heavy (non-hydrogen) atoms. The Balaban J connectivity index is 0.000000165. The number of carbonyl (C=O) groups excluding carboxylic acids is 8. The third-order valence-electron chi connectivity index (χ3n) is 16.1. The van der Waals surface area contributed by atoms with E-state index in [-0.39, 0.29) is 109 Å². The van der Waals surface area contributed by atoms with Gasteiger partial charge in [0, 0.05) is 111 Å². The van der Waals surface area contributed by atoms with Crippen molar-refractivity contribution >= 4 is 70.2 Å². The molecule has 12 rings (SSSR count). The van der Waals surface area contributed by atoms with Crippen LogP contribution in [0.2, 0.25) is 0 Å². The average Bonchev–Trinajstić information content (AvgIpc) is 0.854. The van der Waals surface area contributed by atoms with Gasteiger partial charge in [0.25, 0.3) is 0 Å². The molecule has 0 N–H and O–H groups in total. The SMILES string of the molecule is CCCOC(=O)N1CC(Oc2cc(C)nc(C(=O)Cc3ccc(F)cn3)c2)C1.CCOC(=O)N1CC(Oc2cc(C)nc(C(=O)Cc3ccc(C)cn3)c2)C1.COC(=O)N1CC(Oc2cc(C)nc(C(=O)Cc3nc(C)cs3)c2)C1.Cc1cc(OC2CN(C(=O)OC(C)C)C2)cc(C(=O)Cc2nc(C)cs2)n1. The third kappa shape index (κ3) is 24.3. The first-order chi connectivity index (χ1) is 51.1. The van der Waals surface area contributed by atoms with Crippen LogP contribution in [0.4, 0.5) is 23.6 Å². The Morgan fingerprint density at radius 1 is 0.449 bits per heavy atom. The molecule has 12 heterocycles. The Hall–Kier alpha value is -11.0. The highest BCUT2D eigenvalue weighted by molar-refractivity contribution is 7.10. The smallest absolute Gasteiger partial charge is 0.410 e. The maximum Gasteiger partial charge on any atom is 0.410 e. The predicted molar refractivity (Wildman–Crippen MR) is 392 cm³/mol. The zero-order valence-corrected chi connectivity index (χ0v) is 63.5. The van der Waals surface area contributed by atoms with Crippen molar-refractivity contribution in [2.45, 2.75) is 139 Å². The number of Topliss-reactive ketones (excluding diaryl/α,β-unsaturated/α-hetero) is 4. The molecule has 31 heteroatoms. The van der Waals surface area contributed by atoms with Crippen LogP contribution in [-0.2, 0) is 44.6 Å². The summed E-state index contributed by atoms with van der Waals surface area (Å²) >= 11 is 2.94. The standard InChI is InChI=1S/C20H22FN3O4.C20H23N3O4.C19H23N3O4S.C17H19N3O4S/c1-3-6-27-20(26)24-11-17(12-24)28-16-7-13(2)23-18(9-16)19(25)8-15-5-4-14(21)10-22-15;1-4-26-20(25)23-11-17(12-23)27-16-7-14(3)22-18(9-16)19(24)8-15-6-5-13(2)10-21-15;1-11(2)25-19(24)22-8-15(9-22)26-14-5-12(3)20-16(6-14)17(23)7-18-21-13(4)10-27-18;1-10-4-12(24-13-7-20(8-13)17(22)23-3)5-14(18-10)15(21)6-16-19-11(2)9-25-16/h4-5,7,9-10,17H,3,6,8,11-12H2,1-2H3;5-7,9-10,17H,4,8,11-12H2,1-3H3;5-6,10-11,15H,7-9H2,1-4H3;4-5,9,13H,6-8H2,1-3H3. The van der Waals surface area contributed by atoms with Gasteiger partial charge in [-0.2, -0.15) is 0 Å². The molecule has 4 aliphatic rings. The number of ether oxygens (including phenoxy) is 8. The van der Waals surface area contributed by atoms with Crippen molar-refractivity contribution in [1.29, 1.82) is 0 Å². The van der Waals surface area contributed by atoms with Gasteiger partial charge in [0.15, 0.2) is 23.1 Å². The van der Waals surface area contributed by atoms with Crippen LogP contribution in [0.5, 0.6) is 23.0 Å². The largest absolute Gasteiger partial charge is 0.487 e. The summed E-state index contributed by atoms with van der Waals surface area (Å²) in [5.41, 5.74) is 8.17. The minimum absolute atomic E-state index is 0.0245. The van der Waals surface area contributed by atoms with Gasteiger partial charge < -0.3 is 57.5 Å². The summed E-state index contributed by atoms with van der Waals surface area (Å²) in [5, 5.41) is 5.40. The number of amides is 4. The fourth-order valence-corrected chi connectivity index (χ4v) is 12.3. The lowest BCUT2D eigenvalue weighted by Crippen LogP contribution is -2.56. The van der Waals surface area contributed by atoms with E-state index >= 15 is 0 Å². The predicted octanol–water partition coefficient (Wildman–Crippen LogP) is 11.3. The molecule has 8 aromatic heterocycles. The minimum Gasteiger partial charge on any atom is -0.487 e. The Morgan fingerprint density at radius 3 is 1.12 bits per heavy atom. The molecule has 0 aromatic carbocycles. The first-order valence-corrected chi connectivity index (χ1v) is 36.6. The monoisotopic (exact) mass is 1510 g/mol. The third-order valence-corrected chi connectivity index (χ3v) is 18.0. The van der Waals surface area contributed by atoms with E-state index in [0.29, 0.717) is 140 Å². The van der Waals surface area contributed by atoms with Crippen LogP contribution >= 0.6 is 22.7 Å². The number of thiazole rings is 2. The van der Waals surface area contributed by atoms with Gasteiger partial charge in [-0.25, -0.2) is 53.5 Å². The number of aryl methyl sites for hydroxylation is 7. The van der Waals surface area contributed by atoms with Crippen molar-refractivity contribution in [3.63, 3.8) is 0 Å². The quantitative estimate of drug-likeness (QED) is 0.0401. The molecule has 4 saturated heterocycles. The fourth-order valence-electron chi connectivity index (χ4n) is 10.8. The van der Waals surface area contributed by atoms with Gasteiger partial charge in [0.1, 0.15) is 86.0 Å². The average molecular weight is 1510 g/mol. The molecule has 0 saturated carbocycles. The summed E-state index contributed by atoms with van der Waals surface area (Å²) in [6, 6.07) is 20.2. The van der Waals surface area contributed by atoms with E-state index < -0.39 is 5.82 Å². The second-order valence-corrected chi connectivity index (χ2v) is 28.0. The maximum absolute atomic E-state index is 12.9. The van der Waals surface area contributed by atoms with Crippen LogP contribution < -0.4 is 18.9 Å². The number of aromatic nitrogens is 8. The first kappa shape index (κ1) is 80.2. The van der Waals surface area contributed by atoms with Gasteiger partial charge in [-0.05, 0) is 99.4 Å². The summed E-state index contributed by atoms with van der Waals surface area (Å²) in [7, 11) is 1.35. The fraction of sp³-hybridized carbons (Fsp3) is 0.421. The molecular weight excluding hydrogens is 1420 g/mol. The zero-order chi connectivity index (χ0) is 77.0. The number of methoxy groups -OCH3 is 1. The lowest BCUT2D eigenvalue weighted by molar-refractivity contribution is 0.00154. The van der Waals surface area contributed by atoms with Crippen LogP contribution in [0.1, 0.15) is 137 Å². The van der Waals surface area contributed by atoms with Crippen LogP contribution in [0, 0.1) is 54.3 Å². The summed E-state index contributed by atoms with van der Waals surface area (Å²) in [5.74, 6) is 1.30. The van der Waals surface area contributed by atoms with Crippen LogP contribution in [0.15, 0.2) is 96.0 Å². The van der Waals surface area contributed by atoms with E-state index in [1.807, 2.05) is 85.2 Å². The number of pyridine rings is 6. The van der Waals surface area contributed by atoms with E-state index in [2.05, 4.69) is 44.6 Å². The Bertz CT molecular complexity index is 4440. The Labute approximate surface area is 627 Å². The molecule has 0 radical (unpaired) electrons. The summed E-state index contributed by atoms with van der Waals surface area (Å²) in [4.78, 5) is 137. The minimum atomic E-state index is -0.450. The molecule has 0 bridgehead atoms. The molecule has 4 aliphatic heterocycles. The lowest BCUT2D eigenvalue weighted by Gasteiger charge is -2.38. The number of ketones is 4. The van der Waals surface area contributed by atoms with Crippen molar-refractivity contribution in [3.8, 4) is 23.0 Å². The van der Waals surface area contributed by atoms with Crippen LogP contribution in [-0.4, -0.2) is 210 Å². The van der Waals surface area contributed by atoms with Crippen molar-refractivity contribution in [2.75, 3.05) is 72.7 Å². The van der Waals surface area contributed by atoms with Crippen molar-refractivity contribution in [3.05, 3.63) is 186 Å². The molecule has 0 spiro atoms. The summed E-state index contributed by atoms with van der Waals surface area (Å²) < 4.78 is 56.3. The van der Waals surface area contributed by atoms with Gasteiger partial charge in [-0.3, -0.25) is 29.1 Å². The van der Waals surface area contributed by atoms with Gasteiger partial charge >= 0.3 is 24.4 Å². The maximum atomic E-state index is 12.9. The number of carbonyl (C=O) groups is 8. The number of hydrogen-bond acceptors (Lipinski definition) is 26. The molecule has 0 unspecified atom stereocenters. The molecule has 4 amide bonds. The second kappa shape index (κ2) is 37.8. The zero-order valence-electron chi connectivity index (χ0n) is 61.8. The molecule has 8 aromatic rings. The first-order valence-electron chi connectivity index (χ1n) is 34.8. The van der Waals surface area contributed by atoms with Crippen LogP contribution in [0.25, 0.3) is 0 Å². The van der Waals surface area contributed by atoms with Gasteiger partial charge in [-0.1, -0.05) is 13.0 Å². The van der Waals surface area contributed by atoms with Crippen molar-refractivity contribution in [1.82, 2.24) is 59.5 Å². The second-order valence-electron chi connectivity index (χ2n) is 26.1. The van der Waals surface area contributed by atoms with E-state index in [0.717, 1.165) is 39.6 Å². The number of hydrogen-bond donors (Lipinski definition) is 0. The van der Waals surface area contributed by atoms with Gasteiger partial charge in [-0.15, -0.1) is 22.7 Å². The highest BCUT2D eigenvalue weighted by Crippen LogP contribution is 2.27. The molecule has 28 nitrogen and oxygen atoms in total. The number of halogens is 1. The Morgan fingerprint density at radius 2 is 0.804 bits per heavy atom. The number of nitrogens with zero attached hydrogens (tertiary/aromatic N) is 12. The van der Waals surface area contributed by atoms with E-state index in [4.69, 9.17) is 33.2 Å². The summed E-state index contributed by atoms with van der Waals surface area (Å²) in [6.07, 6.45) is 2.29. The lowest BCUT2D eigenvalue weighted by atomic mass is 10.1. The number of rotatable bonds is 24. The highest BCUT2D eigenvalue weighted by atomic mass is 32.1.